The van der Waals surface area contributed by atoms with Crippen LogP contribution in [0.15, 0.2) is 9.59 Å². The summed E-state index contributed by atoms with van der Waals surface area (Å²) in [5.74, 6) is 0.191. The first-order chi connectivity index (χ1) is 8.09. The molecular weight excluding hydrogens is 220 g/mol. The highest BCUT2D eigenvalue weighted by Gasteiger charge is 2.26. The topological polar surface area (TPSA) is 90.6 Å². The molecule has 1 aliphatic rings. The summed E-state index contributed by atoms with van der Waals surface area (Å²) in [5, 5.41) is 8.94. The van der Waals surface area contributed by atoms with Gasteiger partial charge in [0.25, 0.3) is 5.56 Å². The molecule has 6 nitrogen and oxygen atoms in total. The zero-order valence-electron chi connectivity index (χ0n) is 10.0. The molecule has 1 aliphatic carbocycles. The Labute approximate surface area is 98.8 Å². The lowest BCUT2D eigenvalue weighted by molar-refractivity contribution is 0.233. The van der Waals surface area contributed by atoms with Gasteiger partial charge in [0.05, 0.1) is 0 Å². The third-order valence-corrected chi connectivity index (χ3v) is 3.45. The molecule has 0 saturated heterocycles. The predicted molar refractivity (Wildman–Crippen MR) is 65.2 cm³/mol. The van der Waals surface area contributed by atoms with Crippen LogP contribution in [0.25, 0.3) is 0 Å². The highest BCUT2D eigenvalue weighted by atomic mass is 16.2. The van der Waals surface area contributed by atoms with Crippen LogP contribution < -0.4 is 16.6 Å². The van der Waals surface area contributed by atoms with E-state index in [1.165, 1.54) is 32.1 Å². The van der Waals surface area contributed by atoms with Crippen molar-refractivity contribution < 1.29 is 0 Å². The van der Waals surface area contributed by atoms with Gasteiger partial charge in [-0.3, -0.25) is 9.78 Å². The van der Waals surface area contributed by atoms with Crippen molar-refractivity contribution in [3.8, 4) is 0 Å². The second kappa shape index (κ2) is 4.73. The fourth-order valence-electron chi connectivity index (χ4n) is 2.35. The van der Waals surface area contributed by atoms with Crippen molar-refractivity contribution in [3.05, 3.63) is 20.8 Å². The Kier molecular flexibility index (Phi) is 3.31. The molecule has 0 amide bonds. The van der Waals surface area contributed by atoms with Crippen LogP contribution >= 0.6 is 0 Å². The lowest BCUT2D eigenvalue weighted by Crippen LogP contribution is -2.33. The molecule has 1 aromatic rings. The number of aromatic nitrogens is 3. The van der Waals surface area contributed by atoms with Crippen LogP contribution in [-0.2, 0) is 0 Å². The lowest BCUT2D eigenvalue weighted by atomic mass is 9.76. The first-order valence-electron chi connectivity index (χ1n) is 6.02. The quantitative estimate of drug-likeness (QED) is 0.727. The van der Waals surface area contributed by atoms with Gasteiger partial charge in [0.2, 0.25) is 5.82 Å². The van der Waals surface area contributed by atoms with E-state index in [0.717, 1.165) is 6.54 Å². The summed E-state index contributed by atoms with van der Waals surface area (Å²) in [7, 11) is 0. The molecule has 1 aromatic heterocycles. The van der Waals surface area contributed by atoms with Crippen molar-refractivity contribution >= 4 is 5.82 Å². The van der Waals surface area contributed by atoms with Gasteiger partial charge in [-0.05, 0) is 18.3 Å². The van der Waals surface area contributed by atoms with E-state index < -0.39 is 11.2 Å². The Hall–Kier alpha value is -1.59. The third-order valence-electron chi connectivity index (χ3n) is 3.45. The van der Waals surface area contributed by atoms with E-state index in [2.05, 4.69) is 27.4 Å². The van der Waals surface area contributed by atoms with E-state index in [9.17, 15) is 9.59 Å². The summed E-state index contributed by atoms with van der Waals surface area (Å²) in [6, 6.07) is 0. The molecule has 2 rings (SSSR count). The van der Waals surface area contributed by atoms with Crippen LogP contribution in [0.2, 0.25) is 0 Å². The summed E-state index contributed by atoms with van der Waals surface area (Å²) in [6.07, 6.45) is 6.12. The van der Waals surface area contributed by atoms with Gasteiger partial charge < -0.3 is 5.32 Å². The Bertz CT molecular complexity index is 485. The van der Waals surface area contributed by atoms with Crippen LogP contribution in [0.4, 0.5) is 5.82 Å². The minimum absolute atomic E-state index is 0.191. The molecule has 17 heavy (non-hydrogen) atoms. The van der Waals surface area contributed by atoms with Gasteiger partial charge in [0.1, 0.15) is 0 Å². The smallest absolute Gasteiger partial charge is 0.342 e. The van der Waals surface area contributed by atoms with Gasteiger partial charge in [-0.2, -0.15) is 0 Å². The average Bonchev–Trinajstić information content (AvgIpc) is 2.29. The van der Waals surface area contributed by atoms with Crippen LogP contribution in [0, 0.1) is 5.41 Å². The summed E-state index contributed by atoms with van der Waals surface area (Å²) in [6.45, 7) is 2.94. The summed E-state index contributed by atoms with van der Waals surface area (Å²) in [4.78, 5) is 24.4. The highest BCUT2D eigenvalue weighted by molar-refractivity contribution is 5.29. The molecular formula is C11H18N4O2. The van der Waals surface area contributed by atoms with Crippen molar-refractivity contribution in [2.24, 2.45) is 5.41 Å². The number of aromatic amines is 2. The molecule has 0 aliphatic heterocycles. The molecule has 0 atom stereocenters. The van der Waals surface area contributed by atoms with Gasteiger partial charge in [0.15, 0.2) is 0 Å². The number of hydrogen-bond acceptors (Lipinski definition) is 4. The first-order valence-corrected chi connectivity index (χ1v) is 6.02. The summed E-state index contributed by atoms with van der Waals surface area (Å²) in [5.41, 5.74) is -0.819. The second-order valence-corrected chi connectivity index (χ2v) is 5.08. The normalized spacial score (nSPS) is 18.9. The minimum atomic E-state index is -0.579. The predicted octanol–water partition coefficient (Wildman–Crippen LogP) is 0.840. The molecule has 0 radical (unpaired) electrons. The molecule has 0 spiro atoms. The Morgan fingerprint density at radius 2 is 2.00 bits per heavy atom. The van der Waals surface area contributed by atoms with Crippen molar-refractivity contribution in [1.82, 2.24) is 15.2 Å². The maximum absolute atomic E-state index is 11.4. The van der Waals surface area contributed by atoms with Gasteiger partial charge in [-0.15, -0.1) is 5.10 Å². The standard InChI is InChI=1S/C11H18N4O2/c1-11(5-3-2-4-6-11)7-12-8-9(16)13-10(17)15-14-8/h2-7H2,1H3,(H,12,14)(H2,13,15,16,17). The van der Waals surface area contributed by atoms with Gasteiger partial charge in [-0.1, -0.05) is 26.2 Å². The van der Waals surface area contributed by atoms with Gasteiger partial charge >= 0.3 is 5.69 Å². The van der Waals surface area contributed by atoms with Gasteiger partial charge in [-0.25, -0.2) is 9.89 Å². The van der Waals surface area contributed by atoms with Crippen molar-refractivity contribution in [2.45, 2.75) is 39.0 Å². The molecule has 3 N–H and O–H groups in total. The third kappa shape index (κ3) is 2.95. The molecule has 6 heteroatoms. The zero-order chi connectivity index (χ0) is 12.3. The van der Waals surface area contributed by atoms with Crippen LogP contribution in [0.5, 0.6) is 0 Å². The van der Waals surface area contributed by atoms with E-state index in [4.69, 9.17) is 0 Å². The Balaban J connectivity index is 2.02. The number of nitrogens with zero attached hydrogens (tertiary/aromatic N) is 1. The van der Waals surface area contributed by atoms with E-state index in [1.807, 2.05) is 0 Å². The SMILES string of the molecule is CC1(CNc2n[nH]c(=O)[nH]c2=O)CCCCC1. The number of nitrogens with one attached hydrogen (secondary N) is 3. The lowest BCUT2D eigenvalue weighted by Gasteiger charge is -2.33. The van der Waals surface area contributed by atoms with E-state index in [1.54, 1.807) is 0 Å². The van der Waals surface area contributed by atoms with Crippen LogP contribution in [-0.4, -0.2) is 21.7 Å². The van der Waals surface area contributed by atoms with Crippen molar-refractivity contribution in [2.75, 3.05) is 11.9 Å². The number of anilines is 1. The number of hydrogen-bond donors (Lipinski definition) is 3. The fourth-order valence-corrected chi connectivity index (χ4v) is 2.35. The van der Waals surface area contributed by atoms with E-state index >= 15 is 0 Å². The van der Waals surface area contributed by atoms with Crippen molar-refractivity contribution in [1.29, 1.82) is 0 Å². The maximum atomic E-state index is 11.4. The fraction of sp³-hybridized carbons (Fsp3) is 0.727. The van der Waals surface area contributed by atoms with Crippen molar-refractivity contribution in [3.63, 3.8) is 0 Å². The molecule has 1 fully saturated rings. The molecule has 0 bridgehead atoms. The van der Waals surface area contributed by atoms with Crippen LogP contribution in [0.3, 0.4) is 0 Å². The first kappa shape index (κ1) is 11.9. The highest BCUT2D eigenvalue weighted by Crippen LogP contribution is 2.35. The van der Waals surface area contributed by atoms with E-state index in [0.29, 0.717) is 0 Å². The summed E-state index contributed by atoms with van der Waals surface area (Å²) >= 11 is 0. The number of H-pyrrole nitrogens is 2. The average molecular weight is 238 g/mol. The van der Waals surface area contributed by atoms with Gasteiger partial charge in [0, 0.05) is 6.54 Å². The molecule has 94 valence electrons. The zero-order valence-corrected chi connectivity index (χ0v) is 10.0. The Morgan fingerprint density at radius 3 is 2.65 bits per heavy atom. The minimum Gasteiger partial charge on any atom is -0.364 e. The molecule has 1 heterocycles. The molecule has 1 saturated carbocycles. The Morgan fingerprint density at radius 1 is 1.29 bits per heavy atom. The second-order valence-electron chi connectivity index (χ2n) is 5.08. The summed E-state index contributed by atoms with van der Waals surface area (Å²) < 4.78 is 0. The van der Waals surface area contributed by atoms with E-state index in [-0.39, 0.29) is 11.2 Å². The largest absolute Gasteiger partial charge is 0.364 e. The molecule has 0 unspecified atom stereocenters. The number of rotatable bonds is 3. The molecule has 0 aromatic carbocycles. The monoisotopic (exact) mass is 238 g/mol. The van der Waals surface area contributed by atoms with Crippen LogP contribution in [0.1, 0.15) is 39.0 Å². The maximum Gasteiger partial charge on any atom is 0.342 e.